The van der Waals surface area contributed by atoms with Crippen LogP contribution >= 0.6 is 0 Å². The van der Waals surface area contributed by atoms with Gasteiger partial charge in [-0.25, -0.2) is 0 Å². The maximum absolute atomic E-state index is 11.4. The first-order valence-corrected chi connectivity index (χ1v) is 15.9. The van der Waals surface area contributed by atoms with Gasteiger partial charge >= 0.3 is 0 Å². The van der Waals surface area contributed by atoms with E-state index in [1.54, 1.807) is 14.2 Å². The van der Waals surface area contributed by atoms with E-state index in [0.29, 0.717) is 24.1 Å². The molecule has 1 aromatic carbocycles. The van der Waals surface area contributed by atoms with E-state index in [1.165, 1.54) is 12.8 Å². The molecule has 0 radical (unpaired) electrons. The summed E-state index contributed by atoms with van der Waals surface area (Å²) in [5.41, 5.74) is 1.07. The lowest BCUT2D eigenvalue weighted by Crippen LogP contribution is -2.49. The third-order valence-electron chi connectivity index (χ3n) is 9.76. The van der Waals surface area contributed by atoms with Gasteiger partial charge in [0.2, 0.25) is 0 Å². The Labute approximate surface area is 254 Å². The maximum Gasteiger partial charge on any atom is 0.161 e. The lowest BCUT2D eigenvalue weighted by atomic mass is 9.68. The largest absolute Gasteiger partial charge is 0.504 e. The van der Waals surface area contributed by atoms with Gasteiger partial charge < -0.3 is 24.6 Å². The second-order valence-corrected chi connectivity index (χ2v) is 13.0. The summed E-state index contributed by atoms with van der Waals surface area (Å²) < 4.78 is 11.0. The van der Waals surface area contributed by atoms with Crippen LogP contribution in [0.25, 0.3) is 0 Å². The Morgan fingerprint density at radius 2 is 1.59 bits per heavy atom. The van der Waals surface area contributed by atoms with Gasteiger partial charge in [0, 0.05) is 36.6 Å². The molecule has 0 bridgehead atoms. The summed E-state index contributed by atoms with van der Waals surface area (Å²) in [7, 11) is 3.36. The number of rotatable bonds is 16. The molecular formula is C36H65NO4. The van der Waals surface area contributed by atoms with Crippen molar-refractivity contribution in [3.8, 4) is 24.3 Å². The van der Waals surface area contributed by atoms with E-state index in [1.807, 2.05) is 26.8 Å². The molecule has 0 heterocycles. The smallest absolute Gasteiger partial charge is 0.161 e. The van der Waals surface area contributed by atoms with Crippen LogP contribution in [0.1, 0.15) is 118 Å². The Hall–Kier alpha value is -1.74. The summed E-state index contributed by atoms with van der Waals surface area (Å²) in [4.78, 5) is 2.68. The molecule has 2 N–H and O–H groups in total. The van der Waals surface area contributed by atoms with Crippen molar-refractivity contribution in [3.05, 3.63) is 23.3 Å². The number of methoxy groups -OCH3 is 2. The summed E-state index contributed by atoms with van der Waals surface area (Å²) in [5.74, 6) is 1.76. The van der Waals surface area contributed by atoms with Crippen molar-refractivity contribution in [3.63, 3.8) is 0 Å². The molecule has 5 heteroatoms. The highest BCUT2D eigenvalue weighted by Gasteiger charge is 2.42. The zero-order chi connectivity index (χ0) is 32.0. The van der Waals surface area contributed by atoms with Crippen molar-refractivity contribution >= 4 is 0 Å². The monoisotopic (exact) mass is 575 g/mol. The fourth-order valence-electron chi connectivity index (χ4n) is 6.04. The molecule has 1 saturated carbocycles. The van der Waals surface area contributed by atoms with Gasteiger partial charge in [-0.15, -0.1) is 12.8 Å². The SMILES string of the molecule is C#C.CC.CCC(CC)(CCN(CC1CC1)C(C)CCC(COC)[C@](C)(O)C(C)(C)C)c1c(C)ccc(OC)c1O. The van der Waals surface area contributed by atoms with Gasteiger partial charge in [0.25, 0.3) is 0 Å². The van der Waals surface area contributed by atoms with Crippen molar-refractivity contribution in [2.24, 2.45) is 17.3 Å². The molecule has 1 fully saturated rings. The summed E-state index contributed by atoms with van der Waals surface area (Å²) >= 11 is 0. The zero-order valence-electron chi connectivity index (χ0n) is 28.8. The highest BCUT2D eigenvalue weighted by molar-refractivity contribution is 5.53. The number of phenolic OH excluding ortho intramolecular Hbond substituents is 1. The number of benzene rings is 1. The summed E-state index contributed by atoms with van der Waals surface area (Å²) in [5, 5.41) is 22.6. The van der Waals surface area contributed by atoms with E-state index in [9.17, 15) is 10.2 Å². The van der Waals surface area contributed by atoms with E-state index in [-0.39, 0.29) is 16.7 Å². The number of nitrogens with zero attached hydrogens (tertiary/aromatic N) is 1. The minimum Gasteiger partial charge on any atom is -0.504 e. The molecule has 5 nitrogen and oxygen atoms in total. The number of terminal acetylenes is 1. The molecule has 0 amide bonds. The minimum atomic E-state index is -0.801. The first-order chi connectivity index (χ1) is 19.3. The van der Waals surface area contributed by atoms with Crippen LogP contribution in [0.4, 0.5) is 0 Å². The average Bonchev–Trinajstić information content (AvgIpc) is 3.77. The molecule has 41 heavy (non-hydrogen) atoms. The first-order valence-electron chi connectivity index (χ1n) is 15.9. The molecule has 0 saturated heterocycles. The molecule has 1 aromatic rings. The lowest BCUT2D eigenvalue weighted by Gasteiger charge is -2.44. The zero-order valence-corrected chi connectivity index (χ0v) is 28.8. The first kappa shape index (κ1) is 39.3. The Morgan fingerprint density at radius 3 is 2.02 bits per heavy atom. The predicted molar refractivity (Wildman–Crippen MR) is 176 cm³/mol. The van der Waals surface area contributed by atoms with E-state index in [2.05, 4.69) is 72.3 Å². The highest BCUT2D eigenvalue weighted by atomic mass is 16.5. The Kier molecular flexibility index (Phi) is 17.3. The normalized spacial score (nSPS) is 16.5. The van der Waals surface area contributed by atoms with Crippen LogP contribution in [0.2, 0.25) is 0 Å². The summed E-state index contributed by atoms with van der Waals surface area (Å²) in [6.45, 7) is 24.0. The van der Waals surface area contributed by atoms with Gasteiger partial charge in [-0.05, 0) is 95.2 Å². The number of hydrogen-bond donors (Lipinski definition) is 2. The predicted octanol–water partition coefficient (Wildman–Crippen LogP) is 8.37. The molecule has 2 unspecified atom stereocenters. The molecule has 3 atom stereocenters. The summed E-state index contributed by atoms with van der Waals surface area (Å²) in [6, 6.07) is 4.37. The molecule has 238 valence electrons. The van der Waals surface area contributed by atoms with Crippen LogP contribution < -0.4 is 4.74 Å². The van der Waals surface area contributed by atoms with Crippen molar-refractivity contribution in [1.82, 2.24) is 4.90 Å². The second kappa shape index (κ2) is 18.0. The minimum absolute atomic E-state index is 0.0875. The second-order valence-electron chi connectivity index (χ2n) is 13.0. The van der Waals surface area contributed by atoms with Crippen LogP contribution in [0.3, 0.4) is 0 Å². The fraction of sp³-hybridized carbons (Fsp3) is 0.778. The van der Waals surface area contributed by atoms with Crippen molar-refractivity contribution in [1.29, 1.82) is 0 Å². The van der Waals surface area contributed by atoms with Gasteiger partial charge in [0.15, 0.2) is 11.5 Å². The molecule has 2 rings (SSSR count). The van der Waals surface area contributed by atoms with Gasteiger partial charge in [0.05, 0.1) is 19.3 Å². The highest BCUT2D eigenvalue weighted by Crippen LogP contribution is 2.46. The average molecular weight is 576 g/mol. The number of aryl methyl sites for hydroxylation is 1. The molecular weight excluding hydrogens is 510 g/mol. The third kappa shape index (κ3) is 10.5. The molecule has 0 aromatic heterocycles. The molecule has 1 aliphatic carbocycles. The standard InChI is InChI=1S/C32H57NO4.C2H6.C2H2/c1-11-32(12-2,28-23(3)13-18-27(37-10)29(28)34)19-20-33(21-25-15-16-25)24(4)14-17-26(22-36-9)31(8,35)30(5,6)7;2*1-2/h13,18,24-26,34-35H,11-12,14-17,19-22H2,1-10H3;1-2H3;1-2H/t24?,26?,31-;;/m0../s1. The number of hydrogen-bond acceptors (Lipinski definition) is 5. The van der Waals surface area contributed by atoms with Crippen LogP contribution in [0.15, 0.2) is 12.1 Å². The van der Waals surface area contributed by atoms with Crippen LogP contribution in [0.5, 0.6) is 11.5 Å². The van der Waals surface area contributed by atoms with E-state index in [0.717, 1.165) is 62.2 Å². The number of phenols is 1. The lowest BCUT2D eigenvalue weighted by molar-refractivity contribution is -0.111. The van der Waals surface area contributed by atoms with E-state index >= 15 is 0 Å². The maximum atomic E-state index is 11.4. The van der Waals surface area contributed by atoms with Crippen molar-refractivity contribution in [2.75, 3.05) is 33.9 Å². The number of aliphatic hydroxyl groups is 1. The van der Waals surface area contributed by atoms with E-state index in [4.69, 9.17) is 9.47 Å². The molecule has 0 aliphatic heterocycles. The summed E-state index contributed by atoms with van der Waals surface area (Å²) in [6.07, 6.45) is 15.6. The molecule has 1 aliphatic rings. The Morgan fingerprint density at radius 1 is 1.02 bits per heavy atom. The Bertz CT molecular complexity index is 878. The number of ether oxygens (including phenoxy) is 2. The van der Waals surface area contributed by atoms with Crippen LogP contribution in [-0.2, 0) is 10.2 Å². The van der Waals surface area contributed by atoms with Gasteiger partial charge in [-0.2, -0.15) is 0 Å². The van der Waals surface area contributed by atoms with Crippen molar-refractivity contribution < 1.29 is 19.7 Å². The topological polar surface area (TPSA) is 62.2 Å². The Balaban J connectivity index is 0.00000382. The van der Waals surface area contributed by atoms with E-state index < -0.39 is 5.60 Å². The van der Waals surface area contributed by atoms with Gasteiger partial charge in [0.1, 0.15) is 0 Å². The van der Waals surface area contributed by atoms with Crippen LogP contribution in [-0.4, -0.2) is 60.7 Å². The van der Waals surface area contributed by atoms with Gasteiger partial charge in [-0.3, -0.25) is 0 Å². The van der Waals surface area contributed by atoms with Crippen LogP contribution in [0, 0.1) is 37.0 Å². The van der Waals surface area contributed by atoms with Gasteiger partial charge in [-0.1, -0.05) is 54.5 Å². The third-order valence-corrected chi connectivity index (χ3v) is 9.76. The van der Waals surface area contributed by atoms with Crippen molar-refractivity contribution in [2.45, 2.75) is 131 Å². The molecule has 0 spiro atoms. The quantitative estimate of drug-likeness (QED) is 0.194. The number of aromatic hydroxyl groups is 1. The fourth-order valence-corrected chi connectivity index (χ4v) is 6.04.